The lowest BCUT2D eigenvalue weighted by molar-refractivity contribution is 0.169. The van der Waals surface area contributed by atoms with Crippen molar-refractivity contribution in [3.8, 4) is 0 Å². The van der Waals surface area contributed by atoms with Gasteiger partial charge in [-0.05, 0) is 25.0 Å². The Bertz CT molecular complexity index is 313. The lowest BCUT2D eigenvalue weighted by Crippen LogP contribution is -2.44. The minimum Gasteiger partial charge on any atom is -0.394 e. The van der Waals surface area contributed by atoms with Crippen LogP contribution in [0.2, 0.25) is 0 Å². The Hall–Kier alpha value is -1.00. The van der Waals surface area contributed by atoms with E-state index in [9.17, 15) is 4.39 Å². The van der Waals surface area contributed by atoms with Gasteiger partial charge in [-0.1, -0.05) is 6.92 Å². The number of nitrogens with zero attached hydrogens (tertiary/aromatic N) is 1. The number of hydrogen-bond donors (Lipinski definition) is 2. The van der Waals surface area contributed by atoms with Crippen LogP contribution in [0.15, 0.2) is 18.5 Å². The zero-order chi connectivity index (χ0) is 11.3. The first-order valence-corrected chi connectivity index (χ1v) is 5.05. The van der Waals surface area contributed by atoms with Crippen LogP contribution in [0.25, 0.3) is 0 Å². The molecule has 0 aromatic carbocycles. The predicted molar refractivity (Wildman–Crippen MR) is 56.8 cm³/mol. The van der Waals surface area contributed by atoms with Crippen LogP contribution in [-0.4, -0.2) is 22.2 Å². The van der Waals surface area contributed by atoms with Gasteiger partial charge in [-0.15, -0.1) is 0 Å². The molecule has 0 radical (unpaired) electrons. The molecule has 0 amide bonds. The van der Waals surface area contributed by atoms with E-state index in [-0.39, 0.29) is 18.0 Å². The molecule has 1 aromatic heterocycles. The highest BCUT2D eigenvalue weighted by Crippen LogP contribution is 2.09. The van der Waals surface area contributed by atoms with Gasteiger partial charge >= 0.3 is 0 Å². The topological polar surface area (TPSA) is 45.1 Å². The molecule has 1 aromatic rings. The van der Waals surface area contributed by atoms with Crippen LogP contribution in [0.4, 0.5) is 4.39 Å². The Morgan fingerprint density at radius 1 is 1.53 bits per heavy atom. The third-order valence-electron chi connectivity index (χ3n) is 2.61. The smallest absolute Gasteiger partial charge is 0.141 e. The van der Waals surface area contributed by atoms with Gasteiger partial charge in [0.25, 0.3) is 0 Å². The monoisotopic (exact) mass is 212 g/mol. The van der Waals surface area contributed by atoms with Crippen LogP contribution in [0.3, 0.4) is 0 Å². The van der Waals surface area contributed by atoms with Crippen LogP contribution in [0, 0.1) is 5.82 Å². The van der Waals surface area contributed by atoms with Crippen molar-refractivity contribution in [1.29, 1.82) is 0 Å². The van der Waals surface area contributed by atoms with Crippen molar-refractivity contribution in [2.45, 2.75) is 32.4 Å². The Balaban J connectivity index is 2.56. The van der Waals surface area contributed by atoms with Crippen molar-refractivity contribution in [2.75, 3.05) is 6.61 Å². The lowest BCUT2D eigenvalue weighted by atomic mass is 10.00. The Labute approximate surface area is 89.4 Å². The number of rotatable bonds is 5. The van der Waals surface area contributed by atoms with Gasteiger partial charge in [0.1, 0.15) is 5.82 Å². The summed E-state index contributed by atoms with van der Waals surface area (Å²) < 4.78 is 12.8. The van der Waals surface area contributed by atoms with E-state index in [4.69, 9.17) is 5.11 Å². The van der Waals surface area contributed by atoms with Crippen molar-refractivity contribution in [3.63, 3.8) is 0 Å². The first kappa shape index (κ1) is 12.1. The average Bonchev–Trinajstić information content (AvgIpc) is 2.26. The van der Waals surface area contributed by atoms with Gasteiger partial charge in [0.15, 0.2) is 0 Å². The number of aliphatic hydroxyl groups is 1. The first-order valence-electron chi connectivity index (χ1n) is 5.05. The normalized spacial score (nSPS) is 14.9. The SMILES string of the molecule is CCC(C)(CO)NCc1cncc(F)c1. The van der Waals surface area contributed by atoms with Crippen LogP contribution < -0.4 is 5.32 Å². The van der Waals surface area contributed by atoms with E-state index >= 15 is 0 Å². The van der Waals surface area contributed by atoms with Crippen molar-refractivity contribution >= 4 is 0 Å². The van der Waals surface area contributed by atoms with Gasteiger partial charge in [-0.3, -0.25) is 4.98 Å². The summed E-state index contributed by atoms with van der Waals surface area (Å²) in [5.41, 5.74) is 0.467. The minimum atomic E-state index is -0.337. The van der Waals surface area contributed by atoms with Crippen molar-refractivity contribution in [1.82, 2.24) is 10.3 Å². The summed E-state index contributed by atoms with van der Waals surface area (Å²) in [7, 11) is 0. The second kappa shape index (κ2) is 5.19. The fourth-order valence-electron chi connectivity index (χ4n) is 1.16. The van der Waals surface area contributed by atoms with Gasteiger partial charge in [0.2, 0.25) is 0 Å². The fourth-order valence-corrected chi connectivity index (χ4v) is 1.16. The van der Waals surface area contributed by atoms with E-state index < -0.39 is 0 Å². The van der Waals surface area contributed by atoms with E-state index in [1.165, 1.54) is 12.3 Å². The standard InChI is InChI=1S/C11H17FN2O/c1-3-11(2,8-15)14-6-9-4-10(12)7-13-5-9/h4-5,7,14-15H,3,6,8H2,1-2H3. The van der Waals surface area contributed by atoms with Crippen molar-refractivity contribution in [2.24, 2.45) is 0 Å². The van der Waals surface area contributed by atoms with Crippen molar-refractivity contribution < 1.29 is 9.50 Å². The molecule has 0 spiro atoms. The van der Waals surface area contributed by atoms with E-state index in [1.807, 2.05) is 13.8 Å². The molecule has 4 heteroatoms. The summed E-state index contributed by atoms with van der Waals surface area (Å²) >= 11 is 0. The van der Waals surface area contributed by atoms with Gasteiger partial charge in [-0.2, -0.15) is 0 Å². The Morgan fingerprint density at radius 2 is 2.27 bits per heavy atom. The fraction of sp³-hybridized carbons (Fsp3) is 0.545. The molecule has 15 heavy (non-hydrogen) atoms. The molecule has 2 N–H and O–H groups in total. The molecule has 84 valence electrons. The largest absolute Gasteiger partial charge is 0.394 e. The van der Waals surface area contributed by atoms with E-state index in [0.717, 1.165) is 12.0 Å². The molecule has 1 heterocycles. The summed E-state index contributed by atoms with van der Waals surface area (Å²) in [6.45, 7) is 4.49. The molecule has 1 unspecified atom stereocenters. The second-order valence-electron chi connectivity index (χ2n) is 3.94. The summed E-state index contributed by atoms with van der Waals surface area (Å²) in [5.74, 6) is -0.337. The molecule has 0 fully saturated rings. The summed E-state index contributed by atoms with van der Waals surface area (Å²) in [4.78, 5) is 3.76. The van der Waals surface area contributed by atoms with E-state index in [2.05, 4.69) is 10.3 Å². The molecule has 0 saturated carbocycles. The maximum atomic E-state index is 12.8. The van der Waals surface area contributed by atoms with Crippen LogP contribution >= 0.6 is 0 Å². The zero-order valence-corrected chi connectivity index (χ0v) is 9.13. The van der Waals surface area contributed by atoms with Gasteiger partial charge in [0, 0.05) is 18.3 Å². The third kappa shape index (κ3) is 3.57. The minimum absolute atomic E-state index is 0.0618. The highest BCUT2D eigenvalue weighted by Gasteiger charge is 2.19. The summed E-state index contributed by atoms with van der Waals surface area (Å²) in [6.07, 6.45) is 3.60. The number of aromatic nitrogens is 1. The predicted octanol–water partition coefficient (Wildman–Crippen LogP) is 1.47. The maximum Gasteiger partial charge on any atom is 0.141 e. The quantitative estimate of drug-likeness (QED) is 0.777. The molecule has 0 aliphatic heterocycles. The molecule has 3 nitrogen and oxygen atoms in total. The number of hydrogen-bond acceptors (Lipinski definition) is 3. The third-order valence-corrected chi connectivity index (χ3v) is 2.61. The summed E-state index contributed by atoms with van der Waals surface area (Å²) in [6, 6.07) is 1.44. The average molecular weight is 212 g/mol. The summed E-state index contributed by atoms with van der Waals surface area (Å²) in [5, 5.41) is 12.3. The zero-order valence-electron chi connectivity index (χ0n) is 9.13. The number of aliphatic hydroxyl groups excluding tert-OH is 1. The molecular formula is C11H17FN2O. The van der Waals surface area contributed by atoms with Gasteiger partial charge in [-0.25, -0.2) is 4.39 Å². The number of pyridine rings is 1. The molecule has 0 saturated heterocycles. The Morgan fingerprint density at radius 3 is 2.80 bits per heavy atom. The molecular weight excluding hydrogens is 195 g/mol. The van der Waals surface area contributed by atoms with E-state index in [1.54, 1.807) is 6.20 Å². The molecule has 0 bridgehead atoms. The molecule has 1 rings (SSSR count). The Kier molecular flexibility index (Phi) is 4.17. The van der Waals surface area contributed by atoms with Crippen molar-refractivity contribution in [3.05, 3.63) is 29.8 Å². The highest BCUT2D eigenvalue weighted by atomic mass is 19.1. The number of halogens is 1. The lowest BCUT2D eigenvalue weighted by Gasteiger charge is -2.27. The van der Waals surface area contributed by atoms with Crippen LogP contribution in [0.1, 0.15) is 25.8 Å². The molecule has 0 aliphatic carbocycles. The second-order valence-corrected chi connectivity index (χ2v) is 3.94. The van der Waals surface area contributed by atoms with Gasteiger partial charge < -0.3 is 10.4 Å². The van der Waals surface area contributed by atoms with Gasteiger partial charge in [0.05, 0.1) is 12.8 Å². The van der Waals surface area contributed by atoms with Crippen LogP contribution in [0.5, 0.6) is 0 Å². The highest BCUT2D eigenvalue weighted by molar-refractivity contribution is 5.10. The van der Waals surface area contributed by atoms with E-state index in [0.29, 0.717) is 6.54 Å². The molecule has 0 aliphatic rings. The maximum absolute atomic E-state index is 12.8. The molecule has 1 atom stereocenters. The number of nitrogens with one attached hydrogen (secondary N) is 1. The van der Waals surface area contributed by atoms with Crippen LogP contribution in [-0.2, 0) is 6.54 Å². The first-order chi connectivity index (χ1) is 7.09.